The van der Waals surface area contributed by atoms with Crippen LogP contribution in [0.25, 0.3) is 0 Å². The average Bonchev–Trinajstić information content (AvgIpc) is 2.62. The first kappa shape index (κ1) is 16.9. The van der Waals surface area contributed by atoms with Crippen LogP contribution in [0.15, 0.2) is 47.5 Å². The van der Waals surface area contributed by atoms with Crippen LogP contribution in [-0.2, 0) is 13.0 Å². The highest BCUT2D eigenvalue weighted by molar-refractivity contribution is 6.36. The molecule has 1 saturated carbocycles. The molecule has 0 radical (unpaired) electrons. The summed E-state index contributed by atoms with van der Waals surface area (Å²) in [5.74, 6) is 1.11. The summed E-state index contributed by atoms with van der Waals surface area (Å²) in [4.78, 5) is 5.01. The SMILES string of the molecule is Clc1cc(Cl)c2c(c1)NC(=NCc1ccccc1)C1(CCCCC1)C2. The fourth-order valence-electron chi connectivity index (χ4n) is 4.18. The molecule has 2 nitrogen and oxygen atoms in total. The molecule has 130 valence electrons. The highest BCUT2D eigenvalue weighted by atomic mass is 35.5. The van der Waals surface area contributed by atoms with E-state index >= 15 is 0 Å². The Morgan fingerprint density at radius 1 is 1.00 bits per heavy atom. The molecule has 4 heteroatoms. The summed E-state index contributed by atoms with van der Waals surface area (Å²) in [6.07, 6.45) is 7.13. The third kappa shape index (κ3) is 3.43. The molecule has 1 aliphatic carbocycles. The van der Waals surface area contributed by atoms with Crippen LogP contribution in [0.4, 0.5) is 5.69 Å². The lowest BCUT2D eigenvalue weighted by molar-refractivity contribution is 0.278. The van der Waals surface area contributed by atoms with E-state index in [0.29, 0.717) is 11.6 Å². The van der Waals surface area contributed by atoms with Crippen LogP contribution >= 0.6 is 23.2 Å². The smallest absolute Gasteiger partial charge is 0.108 e. The molecule has 0 unspecified atom stereocenters. The molecule has 1 N–H and O–H groups in total. The fraction of sp³-hybridized carbons (Fsp3) is 0.381. The third-order valence-electron chi connectivity index (χ3n) is 5.50. The molecule has 0 aromatic heterocycles. The summed E-state index contributed by atoms with van der Waals surface area (Å²) in [5, 5.41) is 5.02. The number of nitrogens with zero attached hydrogens (tertiary/aromatic N) is 1. The van der Waals surface area contributed by atoms with Crippen LogP contribution in [0, 0.1) is 5.41 Å². The van der Waals surface area contributed by atoms with Crippen LogP contribution < -0.4 is 5.32 Å². The number of aliphatic imine (C=N–C) groups is 1. The van der Waals surface area contributed by atoms with E-state index in [0.717, 1.165) is 23.0 Å². The minimum atomic E-state index is 0.0947. The van der Waals surface area contributed by atoms with Gasteiger partial charge in [0.15, 0.2) is 0 Å². The summed E-state index contributed by atoms with van der Waals surface area (Å²) in [6, 6.07) is 14.2. The minimum Gasteiger partial charge on any atom is -0.343 e. The molecule has 0 saturated heterocycles. The van der Waals surface area contributed by atoms with Gasteiger partial charge in [0.1, 0.15) is 5.84 Å². The van der Waals surface area contributed by atoms with Crippen LogP contribution in [0.5, 0.6) is 0 Å². The van der Waals surface area contributed by atoms with Crippen LogP contribution in [-0.4, -0.2) is 5.84 Å². The first-order valence-corrected chi connectivity index (χ1v) is 9.76. The number of amidine groups is 1. The molecule has 1 fully saturated rings. The molecule has 1 aliphatic heterocycles. The summed E-state index contributed by atoms with van der Waals surface area (Å²) in [6.45, 7) is 0.703. The van der Waals surface area contributed by atoms with E-state index in [1.54, 1.807) is 0 Å². The van der Waals surface area contributed by atoms with Gasteiger partial charge in [0.25, 0.3) is 0 Å². The maximum absolute atomic E-state index is 6.51. The Kier molecular flexibility index (Phi) is 4.75. The predicted octanol–water partition coefficient (Wildman–Crippen LogP) is 6.51. The molecule has 1 spiro atoms. The number of fused-ring (bicyclic) bond motifs is 1. The van der Waals surface area contributed by atoms with Gasteiger partial charge in [-0.1, -0.05) is 72.8 Å². The molecular weight excluding hydrogens is 351 g/mol. The van der Waals surface area contributed by atoms with Crippen LogP contribution in [0.3, 0.4) is 0 Å². The first-order valence-electron chi connectivity index (χ1n) is 9.00. The number of benzene rings is 2. The summed E-state index contributed by atoms with van der Waals surface area (Å²) in [7, 11) is 0. The second-order valence-electron chi connectivity index (χ2n) is 7.21. The number of rotatable bonds is 2. The zero-order chi connectivity index (χ0) is 17.3. The van der Waals surface area contributed by atoms with Gasteiger partial charge in [0.05, 0.1) is 6.54 Å². The molecule has 25 heavy (non-hydrogen) atoms. The lowest BCUT2D eigenvalue weighted by atomic mass is 9.67. The summed E-state index contributed by atoms with van der Waals surface area (Å²) < 4.78 is 0. The summed E-state index contributed by atoms with van der Waals surface area (Å²) >= 11 is 12.7. The van der Waals surface area contributed by atoms with E-state index in [2.05, 4.69) is 29.6 Å². The van der Waals surface area contributed by atoms with Gasteiger partial charge in [0, 0.05) is 21.1 Å². The van der Waals surface area contributed by atoms with Crippen molar-refractivity contribution in [3.8, 4) is 0 Å². The van der Waals surface area contributed by atoms with Crippen molar-refractivity contribution in [1.82, 2.24) is 0 Å². The number of anilines is 1. The fourth-order valence-corrected chi connectivity index (χ4v) is 4.74. The third-order valence-corrected chi connectivity index (χ3v) is 6.06. The zero-order valence-electron chi connectivity index (χ0n) is 14.2. The molecule has 2 aromatic rings. The van der Waals surface area contributed by atoms with Crippen molar-refractivity contribution in [2.45, 2.75) is 45.1 Å². The summed E-state index contributed by atoms with van der Waals surface area (Å²) in [5.41, 5.74) is 3.53. The Balaban J connectivity index is 1.72. The largest absolute Gasteiger partial charge is 0.343 e. The number of halogens is 2. The van der Waals surface area contributed by atoms with Crippen LogP contribution in [0.2, 0.25) is 10.0 Å². The Morgan fingerprint density at radius 2 is 1.76 bits per heavy atom. The highest BCUT2D eigenvalue weighted by Crippen LogP contribution is 2.47. The maximum atomic E-state index is 6.51. The van der Waals surface area contributed by atoms with Crippen molar-refractivity contribution < 1.29 is 0 Å². The second kappa shape index (κ2) is 7.01. The Morgan fingerprint density at radius 3 is 2.52 bits per heavy atom. The van der Waals surface area contributed by atoms with Crippen molar-refractivity contribution >= 4 is 34.7 Å². The lowest BCUT2D eigenvalue weighted by Gasteiger charge is -2.43. The molecule has 0 atom stereocenters. The van der Waals surface area contributed by atoms with Crippen molar-refractivity contribution in [1.29, 1.82) is 0 Å². The number of hydrogen-bond acceptors (Lipinski definition) is 1. The van der Waals surface area contributed by atoms with Gasteiger partial charge in [-0.25, -0.2) is 0 Å². The van der Waals surface area contributed by atoms with E-state index in [1.807, 2.05) is 18.2 Å². The Bertz CT molecular complexity index is 793. The van der Waals surface area contributed by atoms with Gasteiger partial charge in [0.2, 0.25) is 0 Å². The molecule has 0 bridgehead atoms. The molecule has 1 heterocycles. The van der Waals surface area contributed by atoms with Crippen molar-refractivity contribution in [2.24, 2.45) is 10.4 Å². The maximum Gasteiger partial charge on any atom is 0.108 e. The lowest BCUT2D eigenvalue weighted by Crippen LogP contribution is -2.43. The molecule has 0 amide bonds. The van der Waals surface area contributed by atoms with Crippen molar-refractivity contribution in [3.63, 3.8) is 0 Å². The normalized spacial score (nSPS) is 20.3. The van der Waals surface area contributed by atoms with Crippen molar-refractivity contribution in [2.75, 3.05) is 5.32 Å². The van der Waals surface area contributed by atoms with E-state index < -0.39 is 0 Å². The Labute approximate surface area is 159 Å². The van der Waals surface area contributed by atoms with Gasteiger partial charge < -0.3 is 5.32 Å². The zero-order valence-corrected chi connectivity index (χ0v) is 15.7. The quantitative estimate of drug-likeness (QED) is 0.637. The monoisotopic (exact) mass is 372 g/mol. The van der Waals surface area contributed by atoms with Gasteiger partial charge in [-0.2, -0.15) is 0 Å². The van der Waals surface area contributed by atoms with E-state index in [4.69, 9.17) is 28.2 Å². The first-order chi connectivity index (χ1) is 12.2. The average molecular weight is 373 g/mol. The van der Waals surface area contributed by atoms with E-state index in [9.17, 15) is 0 Å². The molecule has 2 aromatic carbocycles. The standard InChI is InChI=1S/C21H22Cl2N2/c22-16-11-18(23)17-13-21(9-5-2-6-10-21)20(25-19(17)12-16)24-14-15-7-3-1-4-8-15/h1,3-4,7-8,11-12H,2,5-6,9-10,13-14H2,(H,24,25). The number of nitrogens with one attached hydrogen (secondary N) is 1. The Hall–Kier alpha value is -1.51. The highest BCUT2D eigenvalue weighted by Gasteiger charge is 2.41. The minimum absolute atomic E-state index is 0.0947. The predicted molar refractivity (Wildman–Crippen MR) is 107 cm³/mol. The van der Waals surface area contributed by atoms with Gasteiger partial charge in [-0.15, -0.1) is 0 Å². The van der Waals surface area contributed by atoms with E-state index in [-0.39, 0.29) is 5.41 Å². The second-order valence-corrected chi connectivity index (χ2v) is 8.05. The molecule has 2 aliphatic rings. The topological polar surface area (TPSA) is 24.4 Å². The molecular formula is C21H22Cl2N2. The van der Waals surface area contributed by atoms with Gasteiger partial charge in [-0.3, -0.25) is 4.99 Å². The van der Waals surface area contributed by atoms with E-state index in [1.165, 1.54) is 43.2 Å². The molecule has 4 rings (SSSR count). The van der Waals surface area contributed by atoms with Crippen molar-refractivity contribution in [3.05, 3.63) is 63.6 Å². The number of hydrogen-bond donors (Lipinski definition) is 1. The van der Waals surface area contributed by atoms with Crippen LogP contribution in [0.1, 0.15) is 43.2 Å². The van der Waals surface area contributed by atoms with Gasteiger partial charge in [-0.05, 0) is 42.5 Å². The van der Waals surface area contributed by atoms with Gasteiger partial charge >= 0.3 is 0 Å².